The van der Waals surface area contributed by atoms with Gasteiger partial charge in [-0.2, -0.15) is 4.98 Å². The van der Waals surface area contributed by atoms with E-state index in [2.05, 4.69) is 17.1 Å². The molecule has 2 heterocycles. The Kier molecular flexibility index (Phi) is 7.13. The average molecular weight is 499 g/mol. The highest BCUT2D eigenvalue weighted by Gasteiger charge is 2.34. The van der Waals surface area contributed by atoms with Gasteiger partial charge in [0, 0.05) is 23.8 Å². The van der Waals surface area contributed by atoms with Crippen LogP contribution >= 0.6 is 11.8 Å². The van der Waals surface area contributed by atoms with Crippen LogP contribution in [0.25, 0.3) is 11.3 Å². The maximum Gasteiger partial charge on any atom is 0.247 e. The summed E-state index contributed by atoms with van der Waals surface area (Å²) >= 11 is 1.55. The maximum atomic E-state index is 13.0. The first-order valence-electron chi connectivity index (χ1n) is 11.9. The fraction of sp³-hybridized carbons (Fsp3) is 0.214. The third kappa shape index (κ3) is 5.04. The number of unbranched alkanes of at least 4 members (excludes halogenated alkanes) is 1. The summed E-state index contributed by atoms with van der Waals surface area (Å²) in [4.78, 5) is 19.4. The number of amides is 1. The number of ether oxygens (including phenoxy) is 2. The molecule has 0 N–H and O–H groups in total. The van der Waals surface area contributed by atoms with Crippen LogP contribution < -0.4 is 14.4 Å². The first-order valence-corrected chi connectivity index (χ1v) is 12.9. The monoisotopic (exact) mass is 498 g/mol. The van der Waals surface area contributed by atoms with Crippen LogP contribution in [0, 0.1) is 0 Å². The second-order valence-corrected chi connectivity index (χ2v) is 9.38. The van der Waals surface area contributed by atoms with Crippen LogP contribution in [0.15, 0.2) is 84.0 Å². The van der Waals surface area contributed by atoms with Gasteiger partial charge in [-0.05, 0) is 36.8 Å². The molecular weight excluding hydrogens is 472 g/mol. The van der Waals surface area contributed by atoms with E-state index < -0.39 is 6.23 Å². The lowest BCUT2D eigenvalue weighted by atomic mass is 10.1. The minimum absolute atomic E-state index is 0.167. The minimum atomic E-state index is -0.769. The van der Waals surface area contributed by atoms with Crippen LogP contribution in [-0.2, 0) is 4.79 Å². The zero-order valence-corrected chi connectivity index (χ0v) is 20.9. The molecule has 1 amide bonds. The molecule has 0 unspecified atom stereocenters. The molecule has 1 atom stereocenters. The Bertz CT molecular complexity index is 1370. The molecule has 0 bridgehead atoms. The van der Waals surface area contributed by atoms with E-state index in [-0.39, 0.29) is 5.91 Å². The molecule has 0 spiro atoms. The molecule has 182 valence electrons. The van der Waals surface area contributed by atoms with E-state index in [0.29, 0.717) is 28.2 Å². The highest BCUT2D eigenvalue weighted by Crippen LogP contribution is 2.43. The normalized spacial score (nSPS) is 14.3. The van der Waals surface area contributed by atoms with Gasteiger partial charge < -0.3 is 9.47 Å². The Morgan fingerprint density at radius 3 is 2.58 bits per heavy atom. The fourth-order valence-corrected chi connectivity index (χ4v) is 4.86. The van der Waals surface area contributed by atoms with Gasteiger partial charge in [0.15, 0.2) is 5.69 Å². The second-order valence-electron chi connectivity index (χ2n) is 8.31. The van der Waals surface area contributed by atoms with Crippen molar-refractivity contribution in [3.05, 3.63) is 84.4 Å². The van der Waals surface area contributed by atoms with E-state index >= 15 is 0 Å². The van der Waals surface area contributed by atoms with E-state index in [4.69, 9.17) is 14.5 Å². The summed E-state index contributed by atoms with van der Waals surface area (Å²) in [7, 11) is 0. The number of carbonyl (C=O) groups excluding carboxylic acids is 1. The molecule has 1 aliphatic heterocycles. The molecule has 1 aromatic heterocycles. The number of carbonyl (C=O) groups is 1. The van der Waals surface area contributed by atoms with Crippen molar-refractivity contribution in [1.29, 1.82) is 0 Å². The van der Waals surface area contributed by atoms with Gasteiger partial charge in [-0.25, -0.2) is 0 Å². The highest BCUT2D eigenvalue weighted by molar-refractivity contribution is 7.99. The summed E-state index contributed by atoms with van der Waals surface area (Å²) in [5.74, 6) is 2.44. The summed E-state index contributed by atoms with van der Waals surface area (Å²) in [6, 6.07) is 24.7. The molecule has 5 rings (SSSR count). The van der Waals surface area contributed by atoms with Crippen molar-refractivity contribution in [2.45, 2.75) is 38.1 Å². The van der Waals surface area contributed by atoms with Gasteiger partial charge in [-0.15, -0.1) is 10.2 Å². The second kappa shape index (κ2) is 10.8. The molecule has 0 aliphatic carbocycles. The van der Waals surface area contributed by atoms with E-state index in [1.165, 1.54) is 6.92 Å². The summed E-state index contributed by atoms with van der Waals surface area (Å²) in [6.07, 6.45) is 1.38. The Morgan fingerprint density at radius 2 is 1.78 bits per heavy atom. The van der Waals surface area contributed by atoms with Gasteiger partial charge in [-0.1, -0.05) is 73.6 Å². The number of anilines is 1. The van der Waals surface area contributed by atoms with E-state index in [0.717, 1.165) is 35.5 Å². The summed E-state index contributed by atoms with van der Waals surface area (Å²) in [5.41, 5.74) is 2.69. The average Bonchev–Trinajstić information content (AvgIpc) is 3.04. The van der Waals surface area contributed by atoms with Crippen molar-refractivity contribution in [3.63, 3.8) is 0 Å². The van der Waals surface area contributed by atoms with Crippen molar-refractivity contribution >= 4 is 23.4 Å². The molecule has 4 aromatic rings. The first-order chi connectivity index (χ1) is 17.6. The number of hydrogen-bond acceptors (Lipinski definition) is 7. The predicted molar refractivity (Wildman–Crippen MR) is 140 cm³/mol. The number of hydrogen-bond donors (Lipinski definition) is 0. The summed E-state index contributed by atoms with van der Waals surface area (Å²) in [5, 5.41) is 9.36. The third-order valence-electron chi connectivity index (χ3n) is 5.70. The van der Waals surface area contributed by atoms with Crippen LogP contribution in [0.5, 0.6) is 17.4 Å². The van der Waals surface area contributed by atoms with E-state index in [1.807, 2.05) is 78.9 Å². The zero-order valence-electron chi connectivity index (χ0n) is 20.1. The van der Waals surface area contributed by atoms with Crippen LogP contribution in [0.1, 0.15) is 38.5 Å². The number of rotatable bonds is 7. The van der Waals surface area contributed by atoms with Crippen molar-refractivity contribution < 1.29 is 14.3 Å². The van der Waals surface area contributed by atoms with Gasteiger partial charge in [0.05, 0.1) is 5.69 Å². The standard InChI is InChI=1S/C28H26N4O3S/c1-3-4-17-36-28-29-26-25(30-31-28)23-15-8-9-16-24(23)32(19(2)33)27(35-26)20-11-10-14-22(18-20)34-21-12-6-5-7-13-21/h5-16,18,27H,3-4,17H2,1-2H3/t27-/m1/s1. The summed E-state index contributed by atoms with van der Waals surface area (Å²) in [6.45, 7) is 3.67. The molecule has 0 saturated carbocycles. The maximum absolute atomic E-state index is 13.0. The Labute approximate surface area is 214 Å². The number of nitrogens with zero attached hydrogens (tertiary/aromatic N) is 4. The Morgan fingerprint density at radius 1 is 1.00 bits per heavy atom. The summed E-state index contributed by atoms with van der Waals surface area (Å²) < 4.78 is 12.5. The number of aromatic nitrogens is 3. The lowest BCUT2D eigenvalue weighted by Gasteiger charge is -2.30. The molecule has 36 heavy (non-hydrogen) atoms. The largest absolute Gasteiger partial charge is 0.457 e. The highest BCUT2D eigenvalue weighted by atomic mass is 32.2. The molecular formula is C28H26N4O3S. The zero-order chi connectivity index (χ0) is 24.9. The SMILES string of the molecule is CCCCSc1nnc2c(n1)O[C@H](c1cccc(Oc3ccccc3)c1)N(C(C)=O)c1ccccc1-2. The molecule has 0 radical (unpaired) electrons. The van der Waals surface area contributed by atoms with Crippen LogP contribution in [0.2, 0.25) is 0 Å². The van der Waals surface area contributed by atoms with E-state index in [9.17, 15) is 4.79 Å². The molecule has 3 aromatic carbocycles. The Balaban J connectivity index is 1.58. The van der Waals surface area contributed by atoms with Crippen LogP contribution in [0.3, 0.4) is 0 Å². The van der Waals surface area contributed by atoms with Crippen molar-refractivity contribution in [2.24, 2.45) is 0 Å². The number of benzene rings is 3. The molecule has 0 saturated heterocycles. The van der Waals surface area contributed by atoms with Crippen LogP contribution in [-0.4, -0.2) is 26.8 Å². The van der Waals surface area contributed by atoms with Gasteiger partial charge >= 0.3 is 0 Å². The lowest BCUT2D eigenvalue weighted by molar-refractivity contribution is -0.118. The van der Waals surface area contributed by atoms with Crippen molar-refractivity contribution in [3.8, 4) is 28.6 Å². The smallest absolute Gasteiger partial charge is 0.247 e. The van der Waals surface area contributed by atoms with Gasteiger partial charge in [0.25, 0.3) is 0 Å². The quantitative estimate of drug-likeness (QED) is 0.208. The number of thioether (sulfide) groups is 1. The van der Waals surface area contributed by atoms with Gasteiger partial charge in [-0.3, -0.25) is 9.69 Å². The van der Waals surface area contributed by atoms with Crippen molar-refractivity contribution in [2.75, 3.05) is 10.7 Å². The van der Waals surface area contributed by atoms with Gasteiger partial charge in [0.1, 0.15) is 11.5 Å². The molecule has 8 heteroatoms. The van der Waals surface area contributed by atoms with Crippen molar-refractivity contribution in [1.82, 2.24) is 15.2 Å². The number of fused-ring (bicyclic) bond motifs is 3. The molecule has 1 aliphatic rings. The van der Waals surface area contributed by atoms with E-state index in [1.54, 1.807) is 16.7 Å². The predicted octanol–water partition coefficient (Wildman–Crippen LogP) is 6.67. The molecule has 0 fully saturated rings. The number of para-hydroxylation sites is 2. The third-order valence-corrected chi connectivity index (χ3v) is 6.63. The topological polar surface area (TPSA) is 77.4 Å². The first kappa shape index (κ1) is 23.8. The lowest BCUT2D eigenvalue weighted by Crippen LogP contribution is -2.36. The fourth-order valence-electron chi connectivity index (χ4n) is 3.99. The van der Waals surface area contributed by atoms with Crippen LogP contribution in [0.4, 0.5) is 5.69 Å². The Hall–Kier alpha value is -3.91. The van der Waals surface area contributed by atoms with Gasteiger partial charge in [0.2, 0.25) is 23.2 Å². The molecule has 7 nitrogen and oxygen atoms in total. The minimum Gasteiger partial charge on any atom is -0.457 e.